The Morgan fingerprint density at radius 3 is 2.53 bits per heavy atom. The van der Waals surface area contributed by atoms with E-state index < -0.39 is 24.5 Å². The first kappa shape index (κ1) is 23.4. The zero-order valence-electron chi connectivity index (χ0n) is 18.8. The van der Waals surface area contributed by atoms with E-state index in [2.05, 4.69) is 0 Å². The molecule has 2 heterocycles. The molecule has 34 heavy (non-hydrogen) atoms. The van der Waals surface area contributed by atoms with E-state index in [-0.39, 0.29) is 24.7 Å². The Morgan fingerprint density at radius 2 is 1.82 bits per heavy atom. The largest absolute Gasteiger partial charge is 0.457 e. The average molecular weight is 478 g/mol. The van der Waals surface area contributed by atoms with Crippen molar-refractivity contribution in [2.45, 2.75) is 20.3 Å². The predicted molar refractivity (Wildman–Crippen MR) is 127 cm³/mol. The number of hydrogen-bond acceptors (Lipinski definition) is 7. The van der Waals surface area contributed by atoms with E-state index in [1.165, 1.54) is 35.6 Å². The van der Waals surface area contributed by atoms with Crippen LogP contribution in [-0.4, -0.2) is 36.8 Å². The van der Waals surface area contributed by atoms with E-state index >= 15 is 0 Å². The van der Waals surface area contributed by atoms with Gasteiger partial charge in [-0.25, -0.2) is 4.79 Å². The van der Waals surface area contributed by atoms with Gasteiger partial charge in [0.1, 0.15) is 10.6 Å². The normalized spacial score (nSPS) is 15.3. The monoisotopic (exact) mass is 477 g/mol. The van der Waals surface area contributed by atoms with Crippen molar-refractivity contribution in [3.8, 4) is 5.75 Å². The Kier molecular flexibility index (Phi) is 6.88. The fourth-order valence-electron chi connectivity index (χ4n) is 3.71. The number of rotatable bonds is 7. The number of nitrogens with zero attached hydrogens (tertiary/aromatic N) is 1. The summed E-state index contributed by atoms with van der Waals surface area (Å²) in [5.74, 6) is -1.89. The number of ketones is 1. The van der Waals surface area contributed by atoms with Crippen LogP contribution in [0.3, 0.4) is 0 Å². The molecule has 2 aromatic carbocycles. The molecule has 7 nitrogen and oxygen atoms in total. The molecule has 0 aliphatic carbocycles. The number of Topliss-reactive ketones (excluding diaryl/α,β-unsaturated/α-hetero) is 1. The molecule has 0 spiro atoms. The predicted octanol–water partition coefficient (Wildman–Crippen LogP) is 4.36. The fourth-order valence-corrected chi connectivity index (χ4v) is 4.31. The van der Waals surface area contributed by atoms with Crippen molar-refractivity contribution in [2.75, 3.05) is 18.1 Å². The molecule has 4 rings (SSSR count). The van der Waals surface area contributed by atoms with E-state index in [9.17, 15) is 19.2 Å². The fraction of sp³-hybridized carbons (Fsp3) is 0.231. The molecule has 1 atom stereocenters. The van der Waals surface area contributed by atoms with Gasteiger partial charge in [-0.3, -0.25) is 14.4 Å². The topological polar surface area (TPSA) is 90.0 Å². The van der Waals surface area contributed by atoms with Crippen molar-refractivity contribution in [2.24, 2.45) is 5.92 Å². The minimum absolute atomic E-state index is 0.0463. The summed E-state index contributed by atoms with van der Waals surface area (Å²) < 4.78 is 10.5. The summed E-state index contributed by atoms with van der Waals surface area (Å²) >= 11 is 1.28. The zero-order valence-corrected chi connectivity index (χ0v) is 19.6. The quantitative estimate of drug-likeness (QED) is 0.285. The molecule has 1 aliphatic rings. The third kappa shape index (κ3) is 5.23. The lowest BCUT2D eigenvalue weighted by atomic mass is 10.1. The number of aryl methyl sites for hydroxylation is 2. The number of carbonyl (C=O) groups excluding carboxylic acids is 4. The van der Waals surface area contributed by atoms with E-state index in [0.717, 1.165) is 16.8 Å². The average Bonchev–Trinajstić information content (AvgIpc) is 3.50. The molecule has 0 saturated carbocycles. The maximum absolute atomic E-state index is 12.5. The van der Waals surface area contributed by atoms with Gasteiger partial charge in [-0.05, 0) is 66.8 Å². The van der Waals surface area contributed by atoms with Crippen molar-refractivity contribution in [1.29, 1.82) is 0 Å². The van der Waals surface area contributed by atoms with Crippen LogP contribution in [0.15, 0.2) is 60.0 Å². The van der Waals surface area contributed by atoms with Gasteiger partial charge in [0.05, 0.1) is 5.92 Å². The Labute approximate surface area is 200 Å². The summed E-state index contributed by atoms with van der Waals surface area (Å²) in [6.45, 7) is 3.66. The number of carbonyl (C=O) groups is 4. The lowest BCUT2D eigenvalue weighted by Crippen LogP contribution is -2.27. The van der Waals surface area contributed by atoms with Crippen LogP contribution in [0.5, 0.6) is 5.75 Å². The maximum atomic E-state index is 12.5. The molecular weight excluding hydrogens is 454 g/mol. The first-order chi connectivity index (χ1) is 16.3. The van der Waals surface area contributed by atoms with Gasteiger partial charge in [-0.2, -0.15) is 0 Å². The van der Waals surface area contributed by atoms with E-state index in [1.807, 2.05) is 32.0 Å². The number of benzene rings is 2. The number of amides is 1. The second-order valence-corrected chi connectivity index (χ2v) is 9.07. The minimum atomic E-state index is -0.626. The van der Waals surface area contributed by atoms with Crippen molar-refractivity contribution >= 4 is 40.7 Å². The van der Waals surface area contributed by atoms with E-state index in [4.69, 9.17) is 9.47 Å². The first-order valence-electron chi connectivity index (χ1n) is 10.7. The van der Waals surface area contributed by atoms with Crippen LogP contribution in [0.1, 0.15) is 37.6 Å². The van der Waals surface area contributed by atoms with E-state index in [1.54, 1.807) is 22.4 Å². The summed E-state index contributed by atoms with van der Waals surface area (Å²) in [6, 6.07) is 15.3. The summed E-state index contributed by atoms with van der Waals surface area (Å²) in [7, 11) is 0. The number of thiophene rings is 1. The molecule has 0 unspecified atom stereocenters. The Hall–Kier alpha value is -3.78. The van der Waals surface area contributed by atoms with Gasteiger partial charge in [-0.1, -0.05) is 18.2 Å². The van der Waals surface area contributed by atoms with Crippen LogP contribution in [0.25, 0.3) is 0 Å². The van der Waals surface area contributed by atoms with E-state index in [0.29, 0.717) is 16.2 Å². The molecule has 0 radical (unpaired) electrons. The second-order valence-electron chi connectivity index (χ2n) is 8.12. The molecule has 1 fully saturated rings. The summed E-state index contributed by atoms with van der Waals surface area (Å²) in [6.07, 6.45) is 0.0463. The van der Waals surface area contributed by atoms with Crippen molar-refractivity contribution in [3.63, 3.8) is 0 Å². The van der Waals surface area contributed by atoms with Crippen molar-refractivity contribution in [1.82, 2.24) is 0 Å². The molecule has 174 valence electrons. The molecule has 0 bridgehead atoms. The van der Waals surface area contributed by atoms with Gasteiger partial charge in [0.25, 0.3) is 0 Å². The maximum Gasteiger partial charge on any atom is 0.353 e. The number of ether oxygens (including phenoxy) is 2. The zero-order chi connectivity index (χ0) is 24.2. The van der Waals surface area contributed by atoms with Crippen molar-refractivity contribution in [3.05, 3.63) is 81.5 Å². The van der Waals surface area contributed by atoms with Gasteiger partial charge >= 0.3 is 11.9 Å². The molecule has 1 saturated heterocycles. The standard InChI is InChI=1S/C26H23NO6S/c1-16-5-6-17(2)21(12-16)27-14-19(13-24(27)29)25(30)32-15-22(28)18-7-9-20(10-8-18)33-26(31)23-4-3-11-34-23/h3-12,19H,13-15H2,1-2H3/t19-/m1/s1. The van der Waals surface area contributed by atoms with Gasteiger partial charge < -0.3 is 14.4 Å². The summed E-state index contributed by atoms with van der Waals surface area (Å²) in [5, 5.41) is 1.78. The van der Waals surface area contributed by atoms with Gasteiger partial charge in [0, 0.05) is 24.2 Å². The smallest absolute Gasteiger partial charge is 0.353 e. The third-order valence-corrected chi connectivity index (χ3v) is 6.42. The van der Waals surface area contributed by atoms with Gasteiger partial charge in [0.2, 0.25) is 5.91 Å². The Morgan fingerprint density at radius 1 is 1.06 bits per heavy atom. The van der Waals surface area contributed by atoms with Crippen LogP contribution in [-0.2, 0) is 14.3 Å². The lowest BCUT2D eigenvalue weighted by molar-refractivity contribution is -0.147. The highest BCUT2D eigenvalue weighted by Crippen LogP contribution is 2.29. The summed E-state index contributed by atoms with van der Waals surface area (Å²) in [4.78, 5) is 51.6. The van der Waals surface area contributed by atoms with Crippen LogP contribution in [0, 0.1) is 19.8 Å². The highest BCUT2D eigenvalue weighted by molar-refractivity contribution is 7.12. The molecule has 1 aromatic heterocycles. The minimum Gasteiger partial charge on any atom is -0.457 e. The summed E-state index contributed by atoms with van der Waals surface area (Å²) in [5.41, 5.74) is 3.09. The molecule has 1 amide bonds. The third-order valence-electron chi connectivity index (χ3n) is 5.57. The first-order valence-corrected chi connectivity index (χ1v) is 11.6. The SMILES string of the molecule is Cc1ccc(C)c(N2C[C@H](C(=O)OCC(=O)c3ccc(OC(=O)c4cccs4)cc3)CC2=O)c1. The van der Waals surface area contributed by atoms with Crippen LogP contribution in [0.4, 0.5) is 5.69 Å². The van der Waals surface area contributed by atoms with Crippen molar-refractivity contribution < 1.29 is 28.7 Å². The number of hydrogen-bond donors (Lipinski definition) is 0. The number of esters is 2. The highest BCUT2D eigenvalue weighted by atomic mass is 32.1. The van der Waals surface area contributed by atoms with Crippen LogP contribution < -0.4 is 9.64 Å². The highest BCUT2D eigenvalue weighted by Gasteiger charge is 2.37. The van der Waals surface area contributed by atoms with Crippen LogP contribution in [0.2, 0.25) is 0 Å². The van der Waals surface area contributed by atoms with Gasteiger partial charge in [0.15, 0.2) is 12.4 Å². The molecular formula is C26H23NO6S. The number of anilines is 1. The Bertz CT molecular complexity index is 1230. The lowest BCUT2D eigenvalue weighted by Gasteiger charge is -2.19. The molecule has 0 N–H and O–H groups in total. The molecule has 1 aliphatic heterocycles. The van der Waals surface area contributed by atoms with Crippen LogP contribution >= 0.6 is 11.3 Å². The molecule has 3 aromatic rings. The Balaban J connectivity index is 1.30. The molecule has 8 heteroatoms. The second kappa shape index (κ2) is 10.0. The van der Waals surface area contributed by atoms with Gasteiger partial charge in [-0.15, -0.1) is 11.3 Å².